The highest BCUT2D eigenvalue weighted by molar-refractivity contribution is 7.89. The van der Waals surface area contributed by atoms with Crippen molar-refractivity contribution in [2.24, 2.45) is 0 Å². The average molecular weight is 283 g/mol. The summed E-state index contributed by atoms with van der Waals surface area (Å²) in [5.74, 6) is -0.388. The van der Waals surface area contributed by atoms with Crippen molar-refractivity contribution < 1.29 is 12.8 Å². The Morgan fingerprint density at radius 3 is 2.42 bits per heavy atom. The van der Waals surface area contributed by atoms with E-state index in [0.717, 1.165) is 0 Å². The van der Waals surface area contributed by atoms with E-state index in [1.54, 1.807) is 13.8 Å². The number of rotatable bonds is 4. The molecule has 0 bridgehead atoms. The summed E-state index contributed by atoms with van der Waals surface area (Å²) in [4.78, 5) is 0. The molecule has 0 atom stereocenters. The molecule has 5 nitrogen and oxygen atoms in total. The molecule has 0 saturated carbocycles. The molecule has 1 aromatic heterocycles. The second kappa shape index (κ2) is 5.10. The van der Waals surface area contributed by atoms with Gasteiger partial charge in [-0.3, -0.25) is 0 Å². The van der Waals surface area contributed by atoms with Crippen LogP contribution >= 0.6 is 0 Å². The zero-order valence-corrected chi connectivity index (χ0v) is 11.4. The van der Waals surface area contributed by atoms with Crippen LogP contribution in [0.5, 0.6) is 0 Å². The van der Waals surface area contributed by atoms with Crippen molar-refractivity contribution in [1.29, 1.82) is 0 Å². The third-order valence-corrected chi connectivity index (χ3v) is 3.99. The Balaban J connectivity index is 2.46. The standard InChI is InChI=1S/C12H14FN3O2S/c1-9(2)15-19(17,18)12-7-8-14-16(12)11-5-3-10(13)4-6-11/h3-9,15H,1-2H3. The summed E-state index contributed by atoms with van der Waals surface area (Å²) in [6.07, 6.45) is 1.39. The highest BCUT2D eigenvalue weighted by atomic mass is 32.2. The highest BCUT2D eigenvalue weighted by Crippen LogP contribution is 2.15. The first-order chi connectivity index (χ1) is 8.90. The molecule has 0 radical (unpaired) electrons. The molecule has 0 aliphatic rings. The maximum Gasteiger partial charge on any atom is 0.258 e. The van der Waals surface area contributed by atoms with Crippen LogP contribution in [-0.4, -0.2) is 24.2 Å². The molecular formula is C12H14FN3O2S. The predicted molar refractivity (Wildman–Crippen MR) is 69.0 cm³/mol. The van der Waals surface area contributed by atoms with Gasteiger partial charge in [-0.2, -0.15) is 5.10 Å². The number of hydrogen-bond acceptors (Lipinski definition) is 3. The zero-order valence-electron chi connectivity index (χ0n) is 10.5. The van der Waals surface area contributed by atoms with E-state index < -0.39 is 10.0 Å². The van der Waals surface area contributed by atoms with Crippen LogP contribution in [0.1, 0.15) is 13.8 Å². The molecule has 7 heteroatoms. The molecule has 1 N–H and O–H groups in total. The topological polar surface area (TPSA) is 64.0 Å². The van der Waals surface area contributed by atoms with Gasteiger partial charge in [-0.1, -0.05) is 0 Å². The van der Waals surface area contributed by atoms with Gasteiger partial charge in [0.05, 0.1) is 11.9 Å². The third-order valence-electron chi connectivity index (χ3n) is 2.35. The first-order valence-corrected chi connectivity index (χ1v) is 7.21. The fraction of sp³-hybridized carbons (Fsp3) is 0.250. The van der Waals surface area contributed by atoms with Gasteiger partial charge in [0.15, 0.2) is 5.03 Å². The molecule has 0 fully saturated rings. The van der Waals surface area contributed by atoms with Gasteiger partial charge >= 0.3 is 0 Å². The van der Waals surface area contributed by atoms with Crippen LogP contribution < -0.4 is 4.72 Å². The Labute approximate surface area is 111 Å². The smallest absolute Gasteiger partial charge is 0.221 e. The summed E-state index contributed by atoms with van der Waals surface area (Å²) in [7, 11) is -3.65. The first-order valence-electron chi connectivity index (χ1n) is 5.72. The van der Waals surface area contributed by atoms with Crippen molar-refractivity contribution in [3.63, 3.8) is 0 Å². The van der Waals surface area contributed by atoms with Crippen LogP contribution in [0.15, 0.2) is 41.6 Å². The normalized spacial score (nSPS) is 12.0. The van der Waals surface area contributed by atoms with E-state index in [-0.39, 0.29) is 16.9 Å². The van der Waals surface area contributed by atoms with E-state index in [9.17, 15) is 12.8 Å². The predicted octanol–water partition coefficient (Wildman–Crippen LogP) is 1.70. The summed E-state index contributed by atoms with van der Waals surface area (Å²) < 4.78 is 40.8. The lowest BCUT2D eigenvalue weighted by Gasteiger charge is -2.11. The van der Waals surface area contributed by atoms with Gasteiger partial charge in [-0.05, 0) is 44.2 Å². The molecular weight excluding hydrogens is 269 g/mol. The summed E-state index contributed by atoms with van der Waals surface area (Å²) in [5, 5.41) is 3.99. The van der Waals surface area contributed by atoms with E-state index in [0.29, 0.717) is 5.69 Å². The molecule has 19 heavy (non-hydrogen) atoms. The summed E-state index contributed by atoms with van der Waals surface area (Å²) in [5.41, 5.74) is 0.482. The number of hydrogen-bond donors (Lipinski definition) is 1. The Kier molecular flexibility index (Phi) is 3.68. The molecule has 2 aromatic rings. The maximum atomic E-state index is 12.9. The molecule has 0 spiro atoms. The van der Waals surface area contributed by atoms with E-state index >= 15 is 0 Å². The van der Waals surface area contributed by atoms with Gasteiger partial charge in [-0.15, -0.1) is 0 Å². The van der Waals surface area contributed by atoms with Gasteiger partial charge in [0, 0.05) is 6.04 Å². The number of nitrogens with zero attached hydrogens (tertiary/aromatic N) is 2. The molecule has 0 aliphatic carbocycles. The Hall–Kier alpha value is -1.73. The zero-order chi connectivity index (χ0) is 14.0. The van der Waals surface area contributed by atoms with E-state index in [2.05, 4.69) is 9.82 Å². The van der Waals surface area contributed by atoms with Gasteiger partial charge in [0.1, 0.15) is 5.82 Å². The summed E-state index contributed by atoms with van der Waals surface area (Å²) in [6, 6.07) is 6.62. The number of nitrogens with one attached hydrogen (secondary N) is 1. The first kappa shape index (κ1) is 13.7. The minimum Gasteiger partial charge on any atom is -0.221 e. The molecule has 0 aliphatic heterocycles. The van der Waals surface area contributed by atoms with E-state index in [4.69, 9.17) is 0 Å². The number of aromatic nitrogens is 2. The Morgan fingerprint density at radius 1 is 1.21 bits per heavy atom. The number of benzene rings is 1. The largest absolute Gasteiger partial charge is 0.258 e. The van der Waals surface area contributed by atoms with Crippen LogP contribution in [0.4, 0.5) is 4.39 Å². The molecule has 2 rings (SSSR count). The molecule has 0 saturated heterocycles. The lowest BCUT2D eigenvalue weighted by molar-refractivity contribution is 0.560. The van der Waals surface area contributed by atoms with Gasteiger partial charge in [0.2, 0.25) is 0 Å². The van der Waals surface area contributed by atoms with E-state index in [1.807, 2.05) is 0 Å². The SMILES string of the molecule is CC(C)NS(=O)(=O)c1ccnn1-c1ccc(F)cc1. The number of sulfonamides is 1. The second-order valence-corrected chi connectivity index (χ2v) is 5.99. The fourth-order valence-electron chi connectivity index (χ4n) is 1.64. The Bertz CT molecular complexity index is 663. The van der Waals surface area contributed by atoms with Crippen LogP contribution in [-0.2, 0) is 10.0 Å². The molecule has 1 heterocycles. The fourth-order valence-corrected chi connectivity index (χ4v) is 3.00. The van der Waals surface area contributed by atoms with Gasteiger partial charge < -0.3 is 0 Å². The van der Waals surface area contributed by atoms with Crippen molar-refractivity contribution in [2.45, 2.75) is 24.9 Å². The highest BCUT2D eigenvalue weighted by Gasteiger charge is 2.21. The monoisotopic (exact) mass is 283 g/mol. The van der Waals surface area contributed by atoms with Crippen molar-refractivity contribution in [3.05, 3.63) is 42.3 Å². The van der Waals surface area contributed by atoms with E-state index in [1.165, 1.54) is 41.2 Å². The quantitative estimate of drug-likeness (QED) is 0.929. The van der Waals surface area contributed by atoms with Gasteiger partial charge in [0.25, 0.3) is 10.0 Å². The van der Waals surface area contributed by atoms with Crippen molar-refractivity contribution in [3.8, 4) is 5.69 Å². The lowest BCUT2D eigenvalue weighted by Crippen LogP contribution is -2.31. The van der Waals surface area contributed by atoms with Crippen LogP contribution in [0.25, 0.3) is 5.69 Å². The number of halogens is 1. The van der Waals surface area contributed by atoms with Crippen molar-refractivity contribution in [2.75, 3.05) is 0 Å². The summed E-state index contributed by atoms with van der Waals surface area (Å²) in [6.45, 7) is 3.46. The Morgan fingerprint density at radius 2 is 1.84 bits per heavy atom. The van der Waals surface area contributed by atoms with Crippen molar-refractivity contribution in [1.82, 2.24) is 14.5 Å². The molecule has 0 unspecified atom stereocenters. The third kappa shape index (κ3) is 2.99. The van der Waals surface area contributed by atoms with Crippen LogP contribution in [0.2, 0.25) is 0 Å². The van der Waals surface area contributed by atoms with Crippen LogP contribution in [0, 0.1) is 5.82 Å². The minimum atomic E-state index is -3.65. The molecule has 102 valence electrons. The molecule has 0 amide bonds. The second-order valence-electron chi connectivity index (χ2n) is 4.33. The molecule has 1 aromatic carbocycles. The average Bonchev–Trinajstić information content (AvgIpc) is 2.78. The van der Waals surface area contributed by atoms with Crippen LogP contribution in [0.3, 0.4) is 0 Å². The minimum absolute atomic E-state index is 0.0211. The summed E-state index contributed by atoms with van der Waals surface area (Å²) >= 11 is 0. The van der Waals surface area contributed by atoms with Gasteiger partial charge in [-0.25, -0.2) is 22.2 Å². The maximum absolute atomic E-state index is 12.9. The van der Waals surface area contributed by atoms with Crippen molar-refractivity contribution >= 4 is 10.0 Å². The lowest BCUT2D eigenvalue weighted by atomic mass is 10.3.